The molecule has 0 saturated carbocycles. The summed E-state index contributed by atoms with van der Waals surface area (Å²) in [5.74, 6) is 1.44. The summed E-state index contributed by atoms with van der Waals surface area (Å²) >= 11 is 0. The van der Waals surface area contributed by atoms with Crippen LogP contribution in [0.5, 0.6) is 5.75 Å². The molecule has 0 bridgehead atoms. The van der Waals surface area contributed by atoms with Crippen molar-refractivity contribution in [1.29, 1.82) is 0 Å². The van der Waals surface area contributed by atoms with Crippen molar-refractivity contribution in [2.45, 2.75) is 38.5 Å². The monoisotopic (exact) mass is 472 g/mol. The third-order valence-corrected chi connectivity index (χ3v) is 6.89. The van der Waals surface area contributed by atoms with E-state index in [4.69, 9.17) is 9.47 Å². The van der Waals surface area contributed by atoms with Crippen molar-refractivity contribution in [3.05, 3.63) is 90.0 Å². The van der Waals surface area contributed by atoms with Crippen LogP contribution in [0.1, 0.15) is 29.7 Å². The Kier molecular flexibility index (Phi) is 8.37. The molecule has 2 fully saturated rings. The van der Waals surface area contributed by atoms with E-state index < -0.39 is 0 Å². The van der Waals surface area contributed by atoms with Crippen molar-refractivity contribution in [3.8, 4) is 5.75 Å². The van der Waals surface area contributed by atoms with E-state index >= 15 is 0 Å². The van der Waals surface area contributed by atoms with E-state index in [1.165, 1.54) is 11.1 Å². The molecule has 1 aromatic heterocycles. The van der Waals surface area contributed by atoms with Gasteiger partial charge in [-0.05, 0) is 48.4 Å². The molecule has 3 heterocycles. The molecule has 35 heavy (non-hydrogen) atoms. The molecule has 0 aliphatic carbocycles. The quantitative estimate of drug-likeness (QED) is 0.465. The summed E-state index contributed by atoms with van der Waals surface area (Å²) in [7, 11) is 0. The standard InChI is InChI=1S/C29H36N4O2/c1-2-6-24(7-3-1)19-32-13-14-33(22-26(21-32)16-27-18-30-11-12-31-27)20-25-8-4-9-28(17-25)35-23-29-10-5-15-34-29/h1-4,6-9,11-12,17-18,26,29H,5,10,13-16,19-23H2. The molecule has 2 unspecified atom stereocenters. The van der Waals surface area contributed by atoms with Crippen molar-refractivity contribution >= 4 is 0 Å². The van der Waals surface area contributed by atoms with Crippen LogP contribution in [0.3, 0.4) is 0 Å². The molecule has 3 aromatic rings. The summed E-state index contributed by atoms with van der Waals surface area (Å²) in [5, 5.41) is 0. The summed E-state index contributed by atoms with van der Waals surface area (Å²) in [6, 6.07) is 19.4. The minimum atomic E-state index is 0.238. The minimum Gasteiger partial charge on any atom is -0.491 e. The van der Waals surface area contributed by atoms with Gasteiger partial charge < -0.3 is 9.47 Å². The first-order valence-electron chi connectivity index (χ1n) is 12.9. The van der Waals surface area contributed by atoms with E-state index in [0.717, 1.165) is 76.6 Å². The average Bonchev–Trinajstić information content (AvgIpc) is 3.34. The molecule has 2 atom stereocenters. The van der Waals surface area contributed by atoms with Gasteiger partial charge in [-0.2, -0.15) is 0 Å². The highest BCUT2D eigenvalue weighted by Crippen LogP contribution is 2.21. The Morgan fingerprint density at radius 3 is 2.46 bits per heavy atom. The van der Waals surface area contributed by atoms with Crippen LogP contribution in [0, 0.1) is 5.92 Å². The van der Waals surface area contributed by atoms with Crippen LogP contribution in [0.25, 0.3) is 0 Å². The number of hydrogen-bond donors (Lipinski definition) is 0. The first-order valence-corrected chi connectivity index (χ1v) is 12.9. The van der Waals surface area contributed by atoms with Crippen LogP contribution >= 0.6 is 0 Å². The second kappa shape index (κ2) is 12.2. The van der Waals surface area contributed by atoms with E-state index in [1.807, 2.05) is 6.20 Å². The normalized spacial score (nSPS) is 21.6. The number of ether oxygens (including phenoxy) is 2. The maximum absolute atomic E-state index is 6.06. The largest absolute Gasteiger partial charge is 0.491 e. The fraction of sp³-hybridized carbons (Fsp3) is 0.448. The number of benzene rings is 2. The first-order chi connectivity index (χ1) is 17.3. The molecule has 2 aromatic carbocycles. The molecule has 0 radical (unpaired) electrons. The third kappa shape index (κ3) is 7.34. The highest BCUT2D eigenvalue weighted by Gasteiger charge is 2.24. The molecule has 2 aliphatic heterocycles. The summed E-state index contributed by atoms with van der Waals surface area (Å²) in [6.07, 6.45) is 8.87. The van der Waals surface area contributed by atoms with Gasteiger partial charge in [0.1, 0.15) is 12.4 Å². The predicted octanol–water partition coefficient (Wildman–Crippen LogP) is 4.21. The van der Waals surface area contributed by atoms with Crippen molar-refractivity contribution < 1.29 is 9.47 Å². The summed E-state index contributed by atoms with van der Waals surface area (Å²) in [5.41, 5.74) is 3.74. The fourth-order valence-corrected chi connectivity index (χ4v) is 5.20. The van der Waals surface area contributed by atoms with Gasteiger partial charge in [-0.3, -0.25) is 19.8 Å². The molecular weight excluding hydrogens is 436 g/mol. The van der Waals surface area contributed by atoms with Gasteiger partial charge in [-0.1, -0.05) is 42.5 Å². The molecule has 0 N–H and O–H groups in total. The zero-order chi connectivity index (χ0) is 23.7. The molecule has 2 saturated heterocycles. The Labute approximate surface area is 208 Å². The van der Waals surface area contributed by atoms with E-state index in [2.05, 4.69) is 74.4 Å². The highest BCUT2D eigenvalue weighted by molar-refractivity contribution is 5.28. The molecule has 0 amide bonds. The number of hydrogen-bond acceptors (Lipinski definition) is 6. The predicted molar refractivity (Wildman–Crippen MR) is 137 cm³/mol. The first kappa shape index (κ1) is 23.9. The lowest BCUT2D eigenvalue weighted by atomic mass is 10.0. The Morgan fingerprint density at radius 2 is 1.71 bits per heavy atom. The molecule has 184 valence electrons. The van der Waals surface area contributed by atoms with Gasteiger partial charge in [0, 0.05) is 64.5 Å². The number of aromatic nitrogens is 2. The van der Waals surface area contributed by atoms with Gasteiger partial charge in [0.15, 0.2) is 0 Å². The van der Waals surface area contributed by atoms with Gasteiger partial charge in [-0.25, -0.2) is 0 Å². The van der Waals surface area contributed by atoms with Crippen LogP contribution in [0.15, 0.2) is 73.2 Å². The molecule has 0 spiro atoms. The SMILES string of the molecule is c1ccc(CN2CCN(Cc3cccc(OCC4CCCO4)c3)CC(Cc3cnccn3)C2)cc1. The van der Waals surface area contributed by atoms with Crippen molar-refractivity contribution in [2.24, 2.45) is 5.92 Å². The van der Waals surface area contributed by atoms with Gasteiger partial charge in [0.25, 0.3) is 0 Å². The average molecular weight is 473 g/mol. The van der Waals surface area contributed by atoms with E-state index in [-0.39, 0.29) is 6.10 Å². The Hall–Kier alpha value is -2.80. The lowest BCUT2D eigenvalue weighted by Crippen LogP contribution is -2.30. The van der Waals surface area contributed by atoms with Crippen molar-refractivity contribution in [2.75, 3.05) is 39.4 Å². The lowest BCUT2D eigenvalue weighted by Gasteiger charge is -2.24. The number of rotatable bonds is 9. The van der Waals surface area contributed by atoms with Gasteiger partial charge >= 0.3 is 0 Å². The van der Waals surface area contributed by atoms with Gasteiger partial charge in [-0.15, -0.1) is 0 Å². The van der Waals surface area contributed by atoms with Crippen LogP contribution < -0.4 is 4.74 Å². The highest BCUT2D eigenvalue weighted by atomic mass is 16.5. The lowest BCUT2D eigenvalue weighted by molar-refractivity contribution is 0.0679. The van der Waals surface area contributed by atoms with Crippen molar-refractivity contribution in [3.63, 3.8) is 0 Å². The molecule has 6 heteroatoms. The maximum atomic E-state index is 6.06. The van der Waals surface area contributed by atoms with Crippen LogP contribution in [0.2, 0.25) is 0 Å². The second-order valence-electron chi connectivity index (χ2n) is 9.82. The minimum absolute atomic E-state index is 0.238. The zero-order valence-corrected chi connectivity index (χ0v) is 20.5. The summed E-state index contributed by atoms with van der Waals surface area (Å²) in [4.78, 5) is 14.0. The number of nitrogens with zero attached hydrogens (tertiary/aromatic N) is 4. The second-order valence-corrected chi connectivity index (χ2v) is 9.82. The zero-order valence-electron chi connectivity index (χ0n) is 20.5. The van der Waals surface area contributed by atoms with Crippen LogP contribution in [-0.2, 0) is 24.2 Å². The molecule has 2 aliphatic rings. The molecular formula is C29H36N4O2. The molecule has 6 nitrogen and oxygen atoms in total. The topological polar surface area (TPSA) is 50.7 Å². The Balaban J connectivity index is 1.24. The van der Waals surface area contributed by atoms with E-state index in [1.54, 1.807) is 12.4 Å². The van der Waals surface area contributed by atoms with Crippen molar-refractivity contribution in [1.82, 2.24) is 19.8 Å². The van der Waals surface area contributed by atoms with Gasteiger partial charge in [0.05, 0.1) is 11.8 Å². The summed E-state index contributed by atoms with van der Waals surface area (Å²) in [6.45, 7) is 7.62. The smallest absolute Gasteiger partial charge is 0.119 e. The van der Waals surface area contributed by atoms with Crippen LogP contribution in [0.4, 0.5) is 0 Å². The van der Waals surface area contributed by atoms with Crippen LogP contribution in [-0.4, -0.2) is 65.3 Å². The third-order valence-electron chi connectivity index (χ3n) is 6.89. The Morgan fingerprint density at radius 1 is 0.914 bits per heavy atom. The maximum Gasteiger partial charge on any atom is 0.119 e. The van der Waals surface area contributed by atoms with E-state index in [9.17, 15) is 0 Å². The fourth-order valence-electron chi connectivity index (χ4n) is 5.20. The van der Waals surface area contributed by atoms with Gasteiger partial charge in [0.2, 0.25) is 0 Å². The Bertz CT molecular complexity index is 1030. The molecule has 5 rings (SSSR count). The van der Waals surface area contributed by atoms with E-state index in [0.29, 0.717) is 12.5 Å². The summed E-state index contributed by atoms with van der Waals surface area (Å²) < 4.78 is 11.8.